The summed E-state index contributed by atoms with van der Waals surface area (Å²) < 4.78 is 0. The Labute approximate surface area is 68.2 Å². The fourth-order valence-corrected chi connectivity index (χ4v) is 1.82. The third kappa shape index (κ3) is 1.95. The molecule has 64 valence electrons. The molecule has 2 N–H and O–H groups in total. The van der Waals surface area contributed by atoms with Gasteiger partial charge in [-0.2, -0.15) is 0 Å². The van der Waals surface area contributed by atoms with Gasteiger partial charge in [-0.05, 0) is 25.7 Å². The summed E-state index contributed by atoms with van der Waals surface area (Å²) >= 11 is 0. The zero-order valence-corrected chi connectivity index (χ0v) is 7.20. The van der Waals surface area contributed by atoms with Crippen LogP contribution in [0.4, 0.5) is 0 Å². The van der Waals surface area contributed by atoms with Gasteiger partial charge in [0.1, 0.15) is 0 Å². The van der Waals surface area contributed by atoms with Crippen molar-refractivity contribution in [3.05, 3.63) is 0 Å². The number of nitrogens with zero attached hydrogens (tertiary/aromatic N) is 1. The summed E-state index contributed by atoms with van der Waals surface area (Å²) in [6, 6.07) is 0.171. The normalized spacial score (nSPS) is 32.7. The molecule has 4 heteroatoms. The van der Waals surface area contributed by atoms with Gasteiger partial charge in [-0.3, -0.25) is 0 Å². The second kappa shape index (κ2) is 3.56. The van der Waals surface area contributed by atoms with E-state index in [1.165, 1.54) is 0 Å². The van der Waals surface area contributed by atoms with Crippen molar-refractivity contribution in [3.63, 3.8) is 0 Å². The Hall–Kier alpha value is -0.0551. The van der Waals surface area contributed by atoms with E-state index < -0.39 is 7.05 Å². The molecule has 0 saturated carbocycles. The summed E-state index contributed by atoms with van der Waals surface area (Å²) in [6.45, 7) is 4.96. The van der Waals surface area contributed by atoms with Crippen molar-refractivity contribution in [1.82, 2.24) is 4.81 Å². The van der Waals surface area contributed by atoms with Gasteiger partial charge < -0.3 is 14.9 Å². The SMILES string of the molecule is CB(O)N1C[C@H](C)C[C@H]1CO. The molecule has 0 aromatic carbocycles. The second-order valence-electron chi connectivity index (χ2n) is 3.51. The minimum absolute atomic E-state index is 0.162. The van der Waals surface area contributed by atoms with Crippen molar-refractivity contribution in [1.29, 1.82) is 0 Å². The van der Waals surface area contributed by atoms with E-state index in [0.717, 1.165) is 13.0 Å². The van der Waals surface area contributed by atoms with Crippen molar-refractivity contribution < 1.29 is 10.1 Å². The molecule has 3 nitrogen and oxygen atoms in total. The van der Waals surface area contributed by atoms with E-state index in [1.807, 2.05) is 4.81 Å². The maximum Gasteiger partial charge on any atom is 0.376 e. The van der Waals surface area contributed by atoms with Crippen LogP contribution in [-0.4, -0.2) is 41.2 Å². The van der Waals surface area contributed by atoms with Gasteiger partial charge in [-0.1, -0.05) is 6.92 Å². The van der Waals surface area contributed by atoms with Gasteiger partial charge in [0.15, 0.2) is 0 Å². The summed E-state index contributed by atoms with van der Waals surface area (Å²) in [6.07, 6.45) is 1.00. The smallest absolute Gasteiger partial charge is 0.376 e. The Morgan fingerprint density at radius 1 is 1.64 bits per heavy atom. The first kappa shape index (κ1) is 9.04. The molecule has 1 aliphatic rings. The lowest BCUT2D eigenvalue weighted by molar-refractivity contribution is 0.202. The average molecular weight is 157 g/mol. The molecule has 0 unspecified atom stereocenters. The van der Waals surface area contributed by atoms with E-state index in [4.69, 9.17) is 5.11 Å². The minimum atomic E-state index is -0.419. The van der Waals surface area contributed by atoms with Gasteiger partial charge in [0.25, 0.3) is 0 Å². The van der Waals surface area contributed by atoms with Crippen LogP contribution >= 0.6 is 0 Å². The number of hydrogen-bond acceptors (Lipinski definition) is 3. The van der Waals surface area contributed by atoms with Crippen molar-refractivity contribution in [2.75, 3.05) is 13.2 Å². The molecule has 2 atom stereocenters. The maximum absolute atomic E-state index is 9.29. The van der Waals surface area contributed by atoms with Gasteiger partial charge in [-0.15, -0.1) is 0 Å². The molecule has 0 amide bonds. The van der Waals surface area contributed by atoms with Gasteiger partial charge in [-0.25, -0.2) is 0 Å². The largest absolute Gasteiger partial charge is 0.437 e. The number of rotatable bonds is 2. The average Bonchev–Trinajstić information content (AvgIpc) is 2.30. The standard InChI is InChI=1S/C7H16BNO2/c1-6-3-7(5-10)9(4-6)8(2)11/h6-7,10-11H,3-5H2,1-2H3/t6-,7+/m1/s1. The summed E-state index contributed by atoms with van der Waals surface area (Å²) in [5.74, 6) is 0.599. The molecule has 1 rings (SSSR count). The first-order valence-electron chi connectivity index (χ1n) is 4.19. The van der Waals surface area contributed by atoms with Crippen molar-refractivity contribution in [3.8, 4) is 0 Å². The Bertz CT molecular complexity index is 132. The van der Waals surface area contributed by atoms with Crippen LogP contribution in [0.3, 0.4) is 0 Å². The van der Waals surface area contributed by atoms with E-state index in [2.05, 4.69) is 6.92 Å². The van der Waals surface area contributed by atoms with Crippen LogP contribution < -0.4 is 0 Å². The minimum Gasteiger partial charge on any atom is -0.437 e. The molecule has 0 aromatic rings. The lowest BCUT2D eigenvalue weighted by atomic mass is 9.84. The molecule has 0 aliphatic carbocycles. The lowest BCUT2D eigenvalue weighted by Crippen LogP contribution is -2.42. The molecule has 0 bridgehead atoms. The van der Waals surface area contributed by atoms with E-state index in [-0.39, 0.29) is 12.6 Å². The number of aliphatic hydroxyl groups is 1. The lowest BCUT2D eigenvalue weighted by Gasteiger charge is -2.22. The zero-order valence-electron chi connectivity index (χ0n) is 7.20. The highest BCUT2D eigenvalue weighted by atomic mass is 16.3. The van der Waals surface area contributed by atoms with Crippen LogP contribution in [0, 0.1) is 5.92 Å². The quantitative estimate of drug-likeness (QED) is 0.545. The Kier molecular flexibility index (Phi) is 2.93. The van der Waals surface area contributed by atoms with E-state index in [0.29, 0.717) is 5.92 Å². The maximum atomic E-state index is 9.29. The van der Waals surface area contributed by atoms with Crippen LogP contribution in [0.1, 0.15) is 13.3 Å². The first-order chi connectivity index (χ1) is 5.15. The van der Waals surface area contributed by atoms with Crippen LogP contribution in [0.25, 0.3) is 0 Å². The highest BCUT2D eigenvalue weighted by Gasteiger charge is 2.33. The topological polar surface area (TPSA) is 43.7 Å². The molecule has 0 radical (unpaired) electrons. The summed E-state index contributed by atoms with van der Waals surface area (Å²) in [4.78, 5) is 1.95. The van der Waals surface area contributed by atoms with Gasteiger partial charge in [0, 0.05) is 6.04 Å². The zero-order chi connectivity index (χ0) is 8.43. The predicted molar refractivity (Wildman–Crippen MR) is 45.2 cm³/mol. The van der Waals surface area contributed by atoms with Crippen LogP contribution in [0.15, 0.2) is 0 Å². The van der Waals surface area contributed by atoms with Crippen LogP contribution in [-0.2, 0) is 0 Å². The summed E-state index contributed by atoms with van der Waals surface area (Å²) in [7, 11) is -0.419. The molecular weight excluding hydrogens is 141 g/mol. The summed E-state index contributed by atoms with van der Waals surface area (Å²) in [5, 5.41) is 18.2. The molecule has 0 aromatic heterocycles. The predicted octanol–water partition coefficient (Wildman–Crippen LogP) is -0.201. The van der Waals surface area contributed by atoms with Gasteiger partial charge in [0.05, 0.1) is 6.61 Å². The highest BCUT2D eigenvalue weighted by Crippen LogP contribution is 2.22. The van der Waals surface area contributed by atoms with Crippen molar-refractivity contribution >= 4 is 7.05 Å². The molecule has 1 heterocycles. The fraction of sp³-hybridized carbons (Fsp3) is 1.00. The second-order valence-corrected chi connectivity index (χ2v) is 3.51. The van der Waals surface area contributed by atoms with Crippen molar-refractivity contribution in [2.24, 2.45) is 5.92 Å². The molecule has 1 aliphatic heterocycles. The Balaban J connectivity index is 2.50. The number of aliphatic hydroxyl groups excluding tert-OH is 1. The van der Waals surface area contributed by atoms with Gasteiger partial charge >= 0.3 is 7.05 Å². The van der Waals surface area contributed by atoms with Crippen LogP contribution in [0.2, 0.25) is 6.82 Å². The molecule has 1 saturated heterocycles. The van der Waals surface area contributed by atoms with Crippen molar-refractivity contribution in [2.45, 2.75) is 26.2 Å². The highest BCUT2D eigenvalue weighted by molar-refractivity contribution is 6.45. The molecule has 11 heavy (non-hydrogen) atoms. The summed E-state index contributed by atoms with van der Waals surface area (Å²) in [5.41, 5.74) is 0. The number of hydrogen-bond donors (Lipinski definition) is 2. The third-order valence-electron chi connectivity index (χ3n) is 2.36. The van der Waals surface area contributed by atoms with Crippen LogP contribution in [0.5, 0.6) is 0 Å². The van der Waals surface area contributed by atoms with E-state index in [9.17, 15) is 5.02 Å². The monoisotopic (exact) mass is 157 g/mol. The van der Waals surface area contributed by atoms with E-state index in [1.54, 1.807) is 6.82 Å². The first-order valence-corrected chi connectivity index (χ1v) is 4.19. The third-order valence-corrected chi connectivity index (χ3v) is 2.36. The Morgan fingerprint density at radius 2 is 2.27 bits per heavy atom. The molecule has 1 fully saturated rings. The molecule has 0 spiro atoms. The van der Waals surface area contributed by atoms with E-state index >= 15 is 0 Å². The van der Waals surface area contributed by atoms with Gasteiger partial charge in [0.2, 0.25) is 0 Å². The fourth-order valence-electron chi connectivity index (χ4n) is 1.82. The Morgan fingerprint density at radius 3 is 2.64 bits per heavy atom. The molecular formula is C7H16BNO2.